The van der Waals surface area contributed by atoms with Crippen molar-refractivity contribution in [3.63, 3.8) is 0 Å². The number of hydrogen-bond acceptors (Lipinski definition) is 1. The zero-order valence-electron chi connectivity index (χ0n) is 7.84. The second kappa shape index (κ2) is 2.76. The SMILES string of the molecule is CC(C#N)C12CCCC1CCC2. The van der Waals surface area contributed by atoms with Crippen molar-refractivity contribution in [1.82, 2.24) is 0 Å². The van der Waals surface area contributed by atoms with E-state index in [1.54, 1.807) is 0 Å². The maximum absolute atomic E-state index is 8.99. The molecule has 1 nitrogen and oxygen atoms in total. The normalized spacial score (nSPS) is 42.2. The fraction of sp³-hybridized carbons (Fsp3) is 0.909. The summed E-state index contributed by atoms with van der Waals surface area (Å²) in [5, 5.41) is 8.99. The summed E-state index contributed by atoms with van der Waals surface area (Å²) in [4.78, 5) is 0. The summed E-state index contributed by atoms with van der Waals surface area (Å²) in [6, 6.07) is 2.47. The van der Waals surface area contributed by atoms with E-state index in [9.17, 15) is 0 Å². The molecule has 2 fully saturated rings. The van der Waals surface area contributed by atoms with Crippen molar-refractivity contribution in [3.8, 4) is 6.07 Å². The van der Waals surface area contributed by atoms with Gasteiger partial charge in [-0.1, -0.05) is 12.8 Å². The molecule has 1 unspecified atom stereocenters. The quantitative estimate of drug-likeness (QED) is 0.582. The molecule has 0 aromatic heterocycles. The van der Waals surface area contributed by atoms with E-state index in [0.29, 0.717) is 11.3 Å². The average Bonchev–Trinajstić information content (AvgIpc) is 2.60. The van der Waals surface area contributed by atoms with Crippen LogP contribution in [-0.2, 0) is 0 Å². The summed E-state index contributed by atoms with van der Waals surface area (Å²) in [6.45, 7) is 2.13. The lowest BCUT2D eigenvalue weighted by Gasteiger charge is -2.31. The fourth-order valence-corrected chi connectivity index (χ4v) is 3.52. The Morgan fingerprint density at radius 1 is 1.33 bits per heavy atom. The second-order valence-corrected chi connectivity index (χ2v) is 4.57. The average molecular weight is 163 g/mol. The Labute approximate surface area is 74.8 Å². The molecule has 0 heterocycles. The lowest BCUT2D eigenvalue weighted by molar-refractivity contribution is 0.181. The maximum atomic E-state index is 8.99. The first-order chi connectivity index (χ1) is 5.79. The van der Waals surface area contributed by atoms with Gasteiger partial charge in [-0.05, 0) is 43.9 Å². The van der Waals surface area contributed by atoms with Crippen molar-refractivity contribution >= 4 is 0 Å². The van der Waals surface area contributed by atoms with E-state index in [2.05, 4.69) is 13.0 Å². The summed E-state index contributed by atoms with van der Waals surface area (Å²) >= 11 is 0. The monoisotopic (exact) mass is 163 g/mol. The van der Waals surface area contributed by atoms with Gasteiger partial charge in [-0.15, -0.1) is 0 Å². The van der Waals surface area contributed by atoms with Crippen molar-refractivity contribution in [2.45, 2.75) is 45.4 Å². The molecule has 12 heavy (non-hydrogen) atoms. The molecule has 2 saturated carbocycles. The minimum absolute atomic E-state index is 0.299. The summed E-state index contributed by atoms with van der Waals surface area (Å²) in [5.41, 5.74) is 0.453. The van der Waals surface area contributed by atoms with Crippen LogP contribution in [-0.4, -0.2) is 0 Å². The van der Waals surface area contributed by atoms with Crippen LogP contribution in [0.15, 0.2) is 0 Å². The Morgan fingerprint density at radius 2 is 1.92 bits per heavy atom. The molecule has 66 valence electrons. The van der Waals surface area contributed by atoms with Gasteiger partial charge in [0.2, 0.25) is 0 Å². The van der Waals surface area contributed by atoms with Gasteiger partial charge in [-0.3, -0.25) is 0 Å². The molecule has 2 rings (SSSR count). The lowest BCUT2D eigenvalue weighted by Crippen LogP contribution is -2.27. The van der Waals surface area contributed by atoms with Gasteiger partial charge in [-0.2, -0.15) is 5.26 Å². The number of nitriles is 1. The molecular formula is C11H17N. The van der Waals surface area contributed by atoms with Crippen molar-refractivity contribution < 1.29 is 0 Å². The summed E-state index contributed by atoms with van der Waals surface area (Å²) in [7, 11) is 0. The fourth-order valence-electron chi connectivity index (χ4n) is 3.52. The van der Waals surface area contributed by atoms with Crippen LogP contribution in [0.5, 0.6) is 0 Å². The predicted octanol–water partition coefficient (Wildman–Crippen LogP) is 3.12. The Kier molecular flexibility index (Phi) is 1.87. The van der Waals surface area contributed by atoms with Crippen LogP contribution in [0.3, 0.4) is 0 Å². The molecule has 1 heteroatoms. The largest absolute Gasteiger partial charge is 0.198 e. The van der Waals surface area contributed by atoms with E-state index < -0.39 is 0 Å². The minimum Gasteiger partial charge on any atom is -0.198 e. The zero-order valence-corrected chi connectivity index (χ0v) is 7.84. The molecule has 1 atom stereocenters. The highest BCUT2D eigenvalue weighted by Crippen LogP contribution is 2.58. The van der Waals surface area contributed by atoms with Gasteiger partial charge in [0.05, 0.1) is 6.07 Å². The first-order valence-corrected chi connectivity index (χ1v) is 5.19. The number of rotatable bonds is 1. The molecule has 0 amide bonds. The minimum atomic E-state index is 0.299. The van der Waals surface area contributed by atoms with E-state index in [-0.39, 0.29) is 0 Å². The molecule has 0 aromatic rings. The van der Waals surface area contributed by atoms with Crippen LogP contribution in [0.25, 0.3) is 0 Å². The van der Waals surface area contributed by atoms with Crippen molar-refractivity contribution in [1.29, 1.82) is 5.26 Å². The van der Waals surface area contributed by atoms with E-state index >= 15 is 0 Å². The third-order valence-electron chi connectivity index (χ3n) is 4.26. The summed E-state index contributed by atoms with van der Waals surface area (Å²) < 4.78 is 0. The lowest BCUT2D eigenvalue weighted by atomic mass is 9.71. The molecule has 0 N–H and O–H groups in total. The molecule has 0 aromatic carbocycles. The molecule has 0 radical (unpaired) electrons. The van der Waals surface area contributed by atoms with E-state index in [0.717, 1.165) is 5.92 Å². The number of nitrogens with zero attached hydrogens (tertiary/aromatic N) is 1. The van der Waals surface area contributed by atoms with Crippen LogP contribution in [0.2, 0.25) is 0 Å². The van der Waals surface area contributed by atoms with Crippen LogP contribution >= 0.6 is 0 Å². The van der Waals surface area contributed by atoms with Crippen molar-refractivity contribution in [3.05, 3.63) is 0 Å². The Balaban J connectivity index is 2.23. The second-order valence-electron chi connectivity index (χ2n) is 4.57. The first kappa shape index (κ1) is 8.10. The van der Waals surface area contributed by atoms with Gasteiger partial charge in [0.25, 0.3) is 0 Å². The maximum Gasteiger partial charge on any atom is 0.0658 e. The summed E-state index contributed by atoms with van der Waals surface area (Å²) in [6.07, 6.45) is 8.18. The summed E-state index contributed by atoms with van der Waals surface area (Å²) in [5.74, 6) is 1.19. The van der Waals surface area contributed by atoms with E-state index in [1.165, 1.54) is 38.5 Å². The van der Waals surface area contributed by atoms with Crippen molar-refractivity contribution in [2.24, 2.45) is 17.3 Å². The van der Waals surface area contributed by atoms with Gasteiger partial charge < -0.3 is 0 Å². The molecule has 2 aliphatic rings. The third kappa shape index (κ3) is 0.905. The molecule has 2 aliphatic carbocycles. The zero-order chi connectivity index (χ0) is 8.60. The van der Waals surface area contributed by atoms with Gasteiger partial charge in [0.1, 0.15) is 0 Å². The van der Waals surface area contributed by atoms with Gasteiger partial charge in [0.15, 0.2) is 0 Å². The van der Waals surface area contributed by atoms with Crippen LogP contribution in [0, 0.1) is 28.6 Å². The molecule has 0 aliphatic heterocycles. The van der Waals surface area contributed by atoms with E-state index in [4.69, 9.17) is 5.26 Å². The van der Waals surface area contributed by atoms with Gasteiger partial charge in [0, 0.05) is 5.92 Å². The van der Waals surface area contributed by atoms with Crippen molar-refractivity contribution in [2.75, 3.05) is 0 Å². The topological polar surface area (TPSA) is 23.8 Å². The molecule has 0 saturated heterocycles. The molecule has 0 bridgehead atoms. The van der Waals surface area contributed by atoms with Gasteiger partial charge in [-0.25, -0.2) is 0 Å². The first-order valence-electron chi connectivity index (χ1n) is 5.19. The Morgan fingerprint density at radius 3 is 2.42 bits per heavy atom. The molecular weight excluding hydrogens is 146 g/mol. The Bertz CT molecular complexity index is 204. The Hall–Kier alpha value is -0.510. The highest BCUT2D eigenvalue weighted by atomic mass is 14.5. The van der Waals surface area contributed by atoms with Crippen LogP contribution < -0.4 is 0 Å². The van der Waals surface area contributed by atoms with Crippen LogP contribution in [0.1, 0.15) is 45.4 Å². The van der Waals surface area contributed by atoms with E-state index in [1.807, 2.05) is 0 Å². The smallest absolute Gasteiger partial charge is 0.0658 e. The van der Waals surface area contributed by atoms with Crippen LogP contribution in [0.4, 0.5) is 0 Å². The number of fused-ring (bicyclic) bond motifs is 1. The predicted molar refractivity (Wildman–Crippen MR) is 48.4 cm³/mol. The standard InChI is InChI=1S/C11H17N/c1-9(8-12)11-6-2-4-10(11)5-3-7-11/h9-10H,2-7H2,1H3. The third-order valence-corrected chi connectivity index (χ3v) is 4.26. The highest BCUT2D eigenvalue weighted by molar-refractivity contribution is 5.05. The highest BCUT2D eigenvalue weighted by Gasteiger charge is 2.49. The molecule has 0 spiro atoms. The van der Waals surface area contributed by atoms with Gasteiger partial charge >= 0.3 is 0 Å². The number of hydrogen-bond donors (Lipinski definition) is 0.